The fourth-order valence-electron chi connectivity index (χ4n) is 1.70. The average molecular weight is 324 g/mol. The molecule has 1 aromatic heterocycles. The van der Waals surface area contributed by atoms with Gasteiger partial charge < -0.3 is 14.6 Å². The van der Waals surface area contributed by atoms with Crippen molar-refractivity contribution in [1.29, 1.82) is 0 Å². The molecule has 1 aromatic carbocycles. The van der Waals surface area contributed by atoms with Crippen molar-refractivity contribution in [2.24, 2.45) is 7.05 Å². The van der Waals surface area contributed by atoms with Crippen LogP contribution in [0.3, 0.4) is 0 Å². The summed E-state index contributed by atoms with van der Waals surface area (Å²) in [6, 6.07) is 4.76. The Bertz CT molecular complexity index is 610. The molecule has 0 bridgehead atoms. The maximum atomic E-state index is 12.2. The summed E-state index contributed by atoms with van der Waals surface area (Å²) in [6.45, 7) is 0.416. The number of phenolic OH excluding ortho intramolecular Hbond substituents is 1. The van der Waals surface area contributed by atoms with Gasteiger partial charge in [0.1, 0.15) is 11.6 Å². The highest BCUT2D eigenvalue weighted by Crippen LogP contribution is 2.24. The number of imidazole rings is 1. The van der Waals surface area contributed by atoms with E-state index >= 15 is 0 Å². The molecule has 100 valence electrons. The van der Waals surface area contributed by atoms with Crippen LogP contribution < -0.4 is 0 Å². The van der Waals surface area contributed by atoms with Crippen LogP contribution in [0.15, 0.2) is 35.1 Å². The maximum Gasteiger partial charge on any atom is 0.254 e. The lowest BCUT2D eigenvalue weighted by atomic mass is 10.2. The summed E-state index contributed by atoms with van der Waals surface area (Å²) in [4.78, 5) is 17.9. The number of carbonyl (C=O) groups is 1. The van der Waals surface area contributed by atoms with Crippen LogP contribution in [0, 0.1) is 0 Å². The number of amides is 1. The number of halogens is 1. The number of benzene rings is 1. The molecule has 0 saturated heterocycles. The van der Waals surface area contributed by atoms with Gasteiger partial charge in [-0.05, 0) is 34.1 Å². The molecule has 0 spiro atoms. The van der Waals surface area contributed by atoms with E-state index in [0.717, 1.165) is 5.82 Å². The number of nitrogens with zero attached hydrogens (tertiary/aromatic N) is 3. The number of hydrogen-bond donors (Lipinski definition) is 1. The molecule has 1 heterocycles. The van der Waals surface area contributed by atoms with Crippen molar-refractivity contribution in [1.82, 2.24) is 14.5 Å². The van der Waals surface area contributed by atoms with Crippen LogP contribution in [0.5, 0.6) is 5.75 Å². The van der Waals surface area contributed by atoms with E-state index in [4.69, 9.17) is 0 Å². The van der Waals surface area contributed by atoms with Crippen LogP contribution in [-0.2, 0) is 13.6 Å². The molecule has 1 N–H and O–H groups in total. The molecule has 0 aliphatic rings. The lowest BCUT2D eigenvalue weighted by Gasteiger charge is -2.17. The first-order valence-electron chi connectivity index (χ1n) is 5.69. The third kappa shape index (κ3) is 2.96. The smallest absolute Gasteiger partial charge is 0.254 e. The number of rotatable bonds is 3. The van der Waals surface area contributed by atoms with Gasteiger partial charge in [-0.15, -0.1) is 0 Å². The predicted molar refractivity (Wildman–Crippen MR) is 74.8 cm³/mol. The summed E-state index contributed by atoms with van der Waals surface area (Å²) in [7, 11) is 3.59. The molecule has 0 unspecified atom stereocenters. The largest absolute Gasteiger partial charge is 0.507 e. The lowest BCUT2D eigenvalue weighted by Crippen LogP contribution is -2.27. The van der Waals surface area contributed by atoms with Gasteiger partial charge in [-0.2, -0.15) is 0 Å². The summed E-state index contributed by atoms with van der Waals surface area (Å²) < 4.78 is 2.43. The molecule has 5 nitrogen and oxygen atoms in total. The Hall–Kier alpha value is -1.82. The Morgan fingerprint density at radius 1 is 1.53 bits per heavy atom. The number of carbonyl (C=O) groups excluding carboxylic acids is 1. The first kappa shape index (κ1) is 13.6. The van der Waals surface area contributed by atoms with Crippen LogP contribution in [0.25, 0.3) is 0 Å². The zero-order chi connectivity index (χ0) is 14.0. The Morgan fingerprint density at radius 3 is 2.84 bits per heavy atom. The van der Waals surface area contributed by atoms with Gasteiger partial charge in [0.05, 0.1) is 11.0 Å². The van der Waals surface area contributed by atoms with Crippen molar-refractivity contribution in [3.05, 3.63) is 46.5 Å². The summed E-state index contributed by atoms with van der Waals surface area (Å²) >= 11 is 3.19. The van der Waals surface area contributed by atoms with Gasteiger partial charge in [0.25, 0.3) is 5.91 Å². The summed E-state index contributed by atoms with van der Waals surface area (Å²) in [5, 5.41) is 9.60. The van der Waals surface area contributed by atoms with Crippen molar-refractivity contribution in [3.8, 4) is 5.75 Å². The van der Waals surface area contributed by atoms with Gasteiger partial charge in [-0.3, -0.25) is 4.79 Å². The highest BCUT2D eigenvalue weighted by molar-refractivity contribution is 9.10. The van der Waals surface area contributed by atoms with E-state index in [0.29, 0.717) is 16.6 Å². The molecule has 0 atom stereocenters. The van der Waals surface area contributed by atoms with Crippen molar-refractivity contribution >= 4 is 21.8 Å². The molecule has 1 amide bonds. The normalized spacial score (nSPS) is 10.5. The van der Waals surface area contributed by atoms with Crippen molar-refractivity contribution in [3.63, 3.8) is 0 Å². The minimum Gasteiger partial charge on any atom is -0.507 e. The average Bonchev–Trinajstić information content (AvgIpc) is 2.77. The highest BCUT2D eigenvalue weighted by Gasteiger charge is 2.15. The molecule has 0 fully saturated rings. The van der Waals surface area contributed by atoms with Crippen molar-refractivity contribution in [2.45, 2.75) is 6.54 Å². The van der Waals surface area contributed by atoms with Gasteiger partial charge in [0.15, 0.2) is 0 Å². The monoisotopic (exact) mass is 323 g/mol. The summed E-state index contributed by atoms with van der Waals surface area (Å²) in [6.07, 6.45) is 3.53. The number of aromatic hydroxyl groups is 1. The van der Waals surface area contributed by atoms with E-state index in [9.17, 15) is 9.90 Å². The molecule has 0 aliphatic carbocycles. The first-order valence-corrected chi connectivity index (χ1v) is 6.48. The molecule has 19 heavy (non-hydrogen) atoms. The molecular formula is C13H14BrN3O2. The SMILES string of the molecule is CN(Cc1nccn1C)C(=O)c1ccc(Br)c(O)c1. The van der Waals surface area contributed by atoms with Crippen molar-refractivity contribution in [2.75, 3.05) is 7.05 Å². The van der Waals surface area contributed by atoms with Gasteiger partial charge in [-0.1, -0.05) is 0 Å². The molecule has 0 saturated carbocycles. The van der Waals surface area contributed by atoms with E-state index in [2.05, 4.69) is 20.9 Å². The second-order valence-corrected chi connectivity index (χ2v) is 5.14. The summed E-state index contributed by atoms with van der Waals surface area (Å²) in [5.74, 6) is 0.694. The zero-order valence-corrected chi connectivity index (χ0v) is 12.3. The molecule has 2 aromatic rings. The van der Waals surface area contributed by atoms with Gasteiger partial charge in [0.2, 0.25) is 0 Å². The van der Waals surface area contributed by atoms with Crippen LogP contribution in [-0.4, -0.2) is 32.5 Å². The number of phenols is 1. The van der Waals surface area contributed by atoms with Crippen LogP contribution in [0.1, 0.15) is 16.2 Å². The molecule has 0 aliphatic heterocycles. The minimum atomic E-state index is -0.161. The number of aromatic nitrogens is 2. The zero-order valence-electron chi connectivity index (χ0n) is 10.7. The second kappa shape index (κ2) is 5.44. The van der Waals surface area contributed by atoms with Gasteiger partial charge >= 0.3 is 0 Å². The molecule has 6 heteroatoms. The fourth-order valence-corrected chi connectivity index (χ4v) is 1.95. The Morgan fingerprint density at radius 2 is 2.26 bits per heavy atom. The third-order valence-electron chi connectivity index (χ3n) is 2.84. The quantitative estimate of drug-likeness (QED) is 0.941. The van der Waals surface area contributed by atoms with Crippen LogP contribution >= 0.6 is 15.9 Å². The standard InChI is InChI=1S/C13H14BrN3O2/c1-16-6-5-15-12(16)8-17(2)13(19)9-3-4-10(14)11(18)7-9/h3-7,18H,8H2,1-2H3. The fraction of sp³-hybridized carbons (Fsp3) is 0.231. The highest BCUT2D eigenvalue weighted by atomic mass is 79.9. The first-order chi connectivity index (χ1) is 8.99. The van der Waals surface area contributed by atoms with E-state index < -0.39 is 0 Å². The Balaban J connectivity index is 2.15. The third-order valence-corrected chi connectivity index (χ3v) is 3.51. The summed E-state index contributed by atoms with van der Waals surface area (Å²) in [5.41, 5.74) is 0.442. The predicted octanol–water partition coefficient (Wildman–Crippen LogP) is 2.16. The van der Waals surface area contributed by atoms with E-state index in [1.54, 1.807) is 30.3 Å². The Labute approximate surface area is 119 Å². The van der Waals surface area contributed by atoms with Gasteiger partial charge in [-0.25, -0.2) is 4.98 Å². The number of aryl methyl sites for hydroxylation is 1. The molecular weight excluding hydrogens is 310 g/mol. The van der Waals surface area contributed by atoms with E-state index in [1.807, 2.05) is 17.8 Å². The van der Waals surface area contributed by atoms with E-state index in [1.165, 1.54) is 6.07 Å². The minimum absolute atomic E-state index is 0.0521. The maximum absolute atomic E-state index is 12.2. The number of hydrogen-bond acceptors (Lipinski definition) is 3. The molecule has 0 radical (unpaired) electrons. The Kier molecular flexibility index (Phi) is 3.90. The topological polar surface area (TPSA) is 58.4 Å². The van der Waals surface area contributed by atoms with Crippen LogP contribution in [0.2, 0.25) is 0 Å². The van der Waals surface area contributed by atoms with Gasteiger partial charge in [0, 0.05) is 32.1 Å². The van der Waals surface area contributed by atoms with Crippen LogP contribution in [0.4, 0.5) is 0 Å². The second-order valence-electron chi connectivity index (χ2n) is 4.28. The molecule has 2 rings (SSSR count). The van der Waals surface area contributed by atoms with Crippen molar-refractivity contribution < 1.29 is 9.90 Å². The lowest BCUT2D eigenvalue weighted by molar-refractivity contribution is 0.0780. The van der Waals surface area contributed by atoms with E-state index in [-0.39, 0.29) is 11.7 Å².